The standard InChI is InChI=1S/C19H26N2/c1-2-11-19(12-6-3-7-13-21-19)15-16-10-14-20-18-9-5-4-8-17(16)18/h4-5,8-10,14,21H,2-3,6-7,11-13,15H2,1H3. The molecule has 0 aliphatic carbocycles. The molecule has 2 heteroatoms. The summed E-state index contributed by atoms with van der Waals surface area (Å²) in [5.41, 5.74) is 2.86. The summed E-state index contributed by atoms with van der Waals surface area (Å²) in [5.74, 6) is 0. The van der Waals surface area contributed by atoms with Crippen LogP contribution in [0.4, 0.5) is 0 Å². The maximum absolute atomic E-state index is 4.50. The lowest BCUT2D eigenvalue weighted by Crippen LogP contribution is -2.46. The Balaban J connectivity index is 1.93. The minimum absolute atomic E-state index is 0.287. The Morgan fingerprint density at radius 3 is 2.95 bits per heavy atom. The molecule has 1 aromatic carbocycles. The van der Waals surface area contributed by atoms with Crippen LogP contribution in [-0.4, -0.2) is 17.1 Å². The molecule has 1 aromatic heterocycles. The molecule has 1 fully saturated rings. The van der Waals surface area contributed by atoms with Gasteiger partial charge in [0, 0.05) is 17.1 Å². The van der Waals surface area contributed by atoms with Crippen molar-refractivity contribution in [3.05, 3.63) is 42.1 Å². The quantitative estimate of drug-likeness (QED) is 0.894. The van der Waals surface area contributed by atoms with Crippen molar-refractivity contribution in [3.63, 3.8) is 0 Å². The van der Waals surface area contributed by atoms with Gasteiger partial charge in [0.2, 0.25) is 0 Å². The molecule has 112 valence electrons. The first kappa shape index (κ1) is 14.5. The summed E-state index contributed by atoms with van der Waals surface area (Å²) in [6.07, 6.45) is 11.0. The SMILES string of the molecule is CCCC1(Cc2ccnc3ccccc23)CCCCCN1. The topological polar surface area (TPSA) is 24.9 Å². The Morgan fingerprint density at radius 1 is 1.14 bits per heavy atom. The molecule has 1 unspecified atom stereocenters. The molecule has 2 heterocycles. The molecule has 1 saturated heterocycles. The van der Waals surface area contributed by atoms with Crippen LogP contribution in [0.1, 0.15) is 51.0 Å². The van der Waals surface area contributed by atoms with Gasteiger partial charge < -0.3 is 5.32 Å². The van der Waals surface area contributed by atoms with E-state index in [9.17, 15) is 0 Å². The fraction of sp³-hybridized carbons (Fsp3) is 0.526. The van der Waals surface area contributed by atoms with Crippen LogP contribution in [0.2, 0.25) is 0 Å². The Morgan fingerprint density at radius 2 is 2.05 bits per heavy atom. The van der Waals surface area contributed by atoms with Gasteiger partial charge in [-0.25, -0.2) is 0 Å². The Labute approximate surface area is 128 Å². The molecule has 0 bridgehead atoms. The van der Waals surface area contributed by atoms with Crippen molar-refractivity contribution in [3.8, 4) is 0 Å². The fourth-order valence-corrected chi connectivity index (χ4v) is 3.81. The zero-order chi connectivity index (χ0) is 14.5. The van der Waals surface area contributed by atoms with Gasteiger partial charge in [-0.2, -0.15) is 0 Å². The molecular weight excluding hydrogens is 256 g/mol. The number of benzene rings is 1. The third kappa shape index (κ3) is 3.26. The van der Waals surface area contributed by atoms with Crippen molar-refractivity contribution >= 4 is 10.9 Å². The molecular formula is C19H26N2. The van der Waals surface area contributed by atoms with Crippen molar-refractivity contribution in [2.24, 2.45) is 0 Å². The minimum atomic E-state index is 0.287. The molecule has 0 saturated carbocycles. The summed E-state index contributed by atoms with van der Waals surface area (Å²) in [7, 11) is 0. The van der Waals surface area contributed by atoms with Crippen molar-refractivity contribution in [2.45, 2.75) is 57.4 Å². The van der Waals surface area contributed by atoms with Gasteiger partial charge in [0.05, 0.1) is 5.52 Å². The molecule has 0 spiro atoms. The predicted molar refractivity (Wildman–Crippen MR) is 89.6 cm³/mol. The smallest absolute Gasteiger partial charge is 0.0704 e. The highest BCUT2D eigenvalue weighted by Gasteiger charge is 2.30. The Hall–Kier alpha value is -1.41. The number of hydrogen-bond acceptors (Lipinski definition) is 2. The summed E-state index contributed by atoms with van der Waals surface area (Å²) in [6.45, 7) is 3.47. The summed E-state index contributed by atoms with van der Waals surface area (Å²) >= 11 is 0. The largest absolute Gasteiger partial charge is 0.311 e. The van der Waals surface area contributed by atoms with Crippen LogP contribution in [0.25, 0.3) is 10.9 Å². The van der Waals surface area contributed by atoms with E-state index < -0.39 is 0 Å². The lowest BCUT2D eigenvalue weighted by Gasteiger charge is -2.34. The van der Waals surface area contributed by atoms with Crippen LogP contribution < -0.4 is 5.32 Å². The molecule has 0 amide bonds. The average Bonchev–Trinajstić information content (AvgIpc) is 2.74. The fourth-order valence-electron chi connectivity index (χ4n) is 3.81. The zero-order valence-corrected chi connectivity index (χ0v) is 13.1. The Kier molecular flexibility index (Phi) is 4.54. The van der Waals surface area contributed by atoms with Crippen LogP contribution in [0.3, 0.4) is 0 Å². The van der Waals surface area contributed by atoms with Crippen molar-refractivity contribution in [1.82, 2.24) is 10.3 Å². The predicted octanol–water partition coefficient (Wildman–Crippen LogP) is 4.48. The second-order valence-corrected chi connectivity index (χ2v) is 6.43. The first-order chi connectivity index (χ1) is 10.3. The molecule has 1 aliphatic heterocycles. The third-order valence-electron chi connectivity index (χ3n) is 4.83. The first-order valence-electron chi connectivity index (χ1n) is 8.41. The zero-order valence-electron chi connectivity index (χ0n) is 13.1. The van der Waals surface area contributed by atoms with Gasteiger partial charge in [0.15, 0.2) is 0 Å². The molecule has 21 heavy (non-hydrogen) atoms. The minimum Gasteiger partial charge on any atom is -0.311 e. The van der Waals surface area contributed by atoms with Crippen LogP contribution in [-0.2, 0) is 6.42 Å². The van der Waals surface area contributed by atoms with Gasteiger partial charge >= 0.3 is 0 Å². The van der Waals surface area contributed by atoms with Crippen LogP contribution in [0.15, 0.2) is 36.5 Å². The van der Waals surface area contributed by atoms with E-state index >= 15 is 0 Å². The molecule has 0 radical (unpaired) electrons. The van der Waals surface area contributed by atoms with Gasteiger partial charge in [-0.15, -0.1) is 0 Å². The maximum atomic E-state index is 4.50. The van der Waals surface area contributed by atoms with E-state index in [0.29, 0.717) is 0 Å². The second kappa shape index (κ2) is 6.57. The molecule has 2 aromatic rings. The maximum Gasteiger partial charge on any atom is 0.0704 e. The van der Waals surface area contributed by atoms with Gasteiger partial charge in [-0.3, -0.25) is 4.98 Å². The molecule has 1 aliphatic rings. The number of aromatic nitrogens is 1. The van der Waals surface area contributed by atoms with E-state index in [-0.39, 0.29) is 5.54 Å². The van der Waals surface area contributed by atoms with Crippen LogP contribution in [0.5, 0.6) is 0 Å². The first-order valence-corrected chi connectivity index (χ1v) is 8.41. The molecule has 1 atom stereocenters. The van der Waals surface area contributed by atoms with Crippen molar-refractivity contribution in [1.29, 1.82) is 0 Å². The normalized spacial score (nSPS) is 23.1. The summed E-state index contributed by atoms with van der Waals surface area (Å²) in [4.78, 5) is 4.50. The van der Waals surface area contributed by atoms with Gasteiger partial charge in [-0.05, 0) is 49.9 Å². The second-order valence-electron chi connectivity index (χ2n) is 6.43. The number of para-hydroxylation sites is 1. The number of nitrogens with one attached hydrogen (secondary N) is 1. The van der Waals surface area contributed by atoms with E-state index in [1.807, 2.05) is 6.20 Å². The lowest BCUT2D eigenvalue weighted by molar-refractivity contribution is 0.289. The highest BCUT2D eigenvalue weighted by Crippen LogP contribution is 2.30. The summed E-state index contributed by atoms with van der Waals surface area (Å²) in [5, 5.41) is 5.21. The summed E-state index contributed by atoms with van der Waals surface area (Å²) < 4.78 is 0. The monoisotopic (exact) mass is 282 g/mol. The van der Waals surface area contributed by atoms with Crippen molar-refractivity contribution < 1.29 is 0 Å². The Bertz CT molecular complexity index is 578. The van der Waals surface area contributed by atoms with Crippen LogP contribution >= 0.6 is 0 Å². The van der Waals surface area contributed by atoms with E-state index in [4.69, 9.17) is 0 Å². The molecule has 1 N–H and O–H groups in total. The number of pyridine rings is 1. The highest BCUT2D eigenvalue weighted by molar-refractivity contribution is 5.81. The number of rotatable bonds is 4. The lowest BCUT2D eigenvalue weighted by atomic mass is 9.82. The van der Waals surface area contributed by atoms with Gasteiger partial charge in [0.25, 0.3) is 0 Å². The van der Waals surface area contributed by atoms with E-state index in [0.717, 1.165) is 11.9 Å². The number of fused-ring (bicyclic) bond motifs is 1. The van der Waals surface area contributed by atoms with E-state index in [1.54, 1.807) is 0 Å². The number of hydrogen-bond donors (Lipinski definition) is 1. The van der Waals surface area contributed by atoms with Crippen molar-refractivity contribution in [2.75, 3.05) is 6.54 Å². The van der Waals surface area contributed by atoms with Crippen LogP contribution in [0, 0.1) is 0 Å². The molecule has 3 rings (SSSR count). The third-order valence-corrected chi connectivity index (χ3v) is 4.83. The molecule has 2 nitrogen and oxygen atoms in total. The van der Waals surface area contributed by atoms with E-state index in [2.05, 4.69) is 47.6 Å². The van der Waals surface area contributed by atoms with E-state index in [1.165, 1.54) is 56.0 Å². The van der Waals surface area contributed by atoms with Gasteiger partial charge in [-0.1, -0.05) is 44.4 Å². The average molecular weight is 282 g/mol. The summed E-state index contributed by atoms with van der Waals surface area (Å²) in [6, 6.07) is 10.7. The van der Waals surface area contributed by atoms with Gasteiger partial charge in [0.1, 0.15) is 0 Å². The highest BCUT2D eigenvalue weighted by atomic mass is 15.0. The number of nitrogens with zero attached hydrogens (tertiary/aromatic N) is 1.